The number of likely N-dealkylation sites (tertiary alicyclic amines) is 1. The average molecular weight is 330 g/mol. The minimum Gasteiger partial charge on any atom is -0.481 e. The molecule has 0 aliphatic carbocycles. The van der Waals surface area contributed by atoms with Crippen LogP contribution in [0.4, 0.5) is 0 Å². The van der Waals surface area contributed by atoms with E-state index in [1.165, 1.54) is 0 Å². The van der Waals surface area contributed by atoms with Gasteiger partial charge in [0.05, 0.1) is 5.56 Å². The van der Waals surface area contributed by atoms with Gasteiger partial charge in [0.2, 0.25) is 0 Å². The molecule has 1 aliphatic rings. The van der Waals surface area contributed by atoms with Gasteiger partial charge in [-0.1, -0.05) is 12.1 Å². The van der Waals surface area contributed by atoms with E-state index in [4.69, 9.17) is 15.1 Å². The molecule has 0 radical (unpaired) electrons. The quantitative estimate of drug-likeness (QED) is 0.865. The second-order valence-electron chi connectivity index (χ2n) is 6.09. The minimum atomic E-state index is -0.803. The monoisotopic (exact) mass is 330 g/mol. The summed E-state index contributed by atoms with van der Waals surface area (Å²) in [6.07, 6.45) is 1.86. The number of carbonyl (C=O) groups excluding carboxylic acids is 1. The standard InChI is InChI=1S/C18H22N2O4/c1-13(24-16-7-3-2-6-15(16)11-19)18(23)20-10-4-5-14(12-20)8-9-17(21)22/h2-3,6-7,13-14H,4-5,8-10,12H2,1H3,(H,21,22)/t13-,14-/m1/s1. The average Bonchev–Trinajstić information content (AvgIpc) is 2.60. The number of carbonyl (C=O) groups is 2. The van der Waals surface area contributed by atoms with Gasteiger partial charge in [-0.25, -0.2) is 0 Å². The number of aliphatic carboxylic acids is 1. The summed E-state index contributed by atoms with van der Waals surface area (Å²) in [5.41, 5.74) is 0.398. The zero-order chi connectivity index (χ0) is 17.5. The zero-order valence-electron chi connectivity index (χ0n) is 13.8. The van der Waals surface area contributed by atoms with Gasteiger partial charge in [-0.3, -0.25) is 9.59 Å². The molecule has 0 aromatic heterocycles. The topological polar surface area (TPSA) is 90.6 Å². The molecule has 1 N–H and O–H groups in total. The van der Waals surface area contributed by atoms with Crippen molar-refractivity contribution in [2.75, 3.05) is 13.1 Å². The van der Waals surface area contributed by atoms with Gasteiger partial charge < -0.3 is 14.7 Å². The first-order valence-corrected chi connectivity index (χ1v) is 8.17. The maximum absolute atomic E-state index is 12.6. The highest BCUT2D eigenvalue weighted by molar-refractivity contribution is 5.81. The van der Waals surface area contributed by atoms with E-state index >= 15 is 0 Å². The third-order valence-electron chi connectivity index (χ3n) is 4.26. The Morgan fingerprint density at radius 3 is 2.92 bits per heavy atom. The molecular formula is C18H22N2O4. The summed E-state index contributed by atoms with van der Waals surface area (Å²) in [6.45, 7) is 2.91. The van der Waals surface area contributed by atoms with Gasteiger partial charge in [0, 0.05) is 19.5 Å². The number of hydrogen-bond acceptors (Lipinski definition) is 4. The van der Waals surface area contributed by atoms with Crippen molar-refractivity contribution in [2.45, 2.75) is 38.7 Å². The Bertz CT molecular complexity index is 638. The molecular weight excluding hydrogens is 308 g/mol. The Morgan fingerprint density at radius 1 is 1.46 bits per heavy atom. The van der Waals surface area contributed by atoms with Crippen molar-refractivity contribution in [3.05, 3.63) is 29.8 Å². The Morgan fingerprint density at radius 2 is 2.21 bits per heavy atom. The third-order valence-corrected chi connectivity index (χ3v) is 4.26. The highest BCUT2D eigenvalue weighted by Gasteiger charge is 2.28. The first-order valence-electron chi connectivity index (χ1n) is 8.17. The zero-order valence-corrected chi connectivity index (χ0v) is 13.8. The lowest BCUT2D eigenvalue weighted by Crippen LogP contribution is -2.45. The van der Waals surface area contributed by atoms with Crippen molar-refractivity contribution in [3.63, 3.8) is 0 Å². The van der Waals surface area contributed by atoms with Crippen molar-refractivity contribution >= 4 is 11.9 Å². The number of piperidine rings is 1. The van der Waals surface area contributed by atoms with Crippen LogP contribution in [0, 0.1) is 17.2 Å². The van der Waals surface area contributed by atoms with Crippen LogP contribution in [0.5, 0.6) is 5.75 Å². The molecule has 24 heavy (non-hydrogen) atoms. The van der Waals surface area contributed by atoms with Crippen LogP contribution in [0.25, 0.3) is 0 Å². The Labute approximate surface area is 141 Å². The second kappa shape index (κ2) is 8.34. The van der Waals surface area contributed by atoms with E-state index in [1.807, 2.05) is 6.07 Å². The van der Waals surface area contributed by atoms with Gasteiger partial charge >= 0.3 is 5.97 Å². The summed E-state index contributed by atoms with van der Waals surface area (Å²) in [5, 5.41) is 17.9. The molecule has 0 unspecified atom stereocenters. The number of hydrogen-bond donors (Lipinski definition) is 1. The van der Waals surface area contributed by atoms with Gasteiger partial charge in [0.25, 0.3) is 5.91 Å². The van der Waals surface area contributed by atoms with Crippen LogP contribution < -0.4 is 4.74 Å². The number of nitriles is 1. The van der Waals surface area contributed by atoms with E-state index in [-0.39, 0.29) is 18.2 Å². The predicted octanol–water partition coefficient (Wildman–Crippen LogP) is 2.43. The van der Waals surface area contributed by atoms with Crippen molar-refractivity contribution in [2.24, 2.45) is 5.92 Å². The van der Waals surface area contributed by atoms with Crippen molar-refractivity contribution in [1.29, 1.82) is 5.26 Å². The maximum atomic E-state index is 12.6. The first-order chi connectivity index (χ1) is 11.5. The first kappa shape index (κ1) is 17.8. The third kappa shape index (κ3) is 4.72. The molecule has 6 nitrogen and oxygen atoms in total. The van der Waals surface area contributed by atoms with E-state index < -0.39 is 12.1 Å². The van der Waals surface area contributed by atoms with Crippen LogP contribution in [0.3, 0.4) is 0 Å². The van der Waals surface area contributed by atoms with Crippen molar-refractivity contribution in [3.8, 4) is 11.8 Å². The second-order valence-corrected chi connectivity index (χ2v) is 6.09. The van der Waals surface area contributed by atoms with Crippen LogP contribution in [0.1, 0.15) is 38.2 Å². The molecule has 0 bridgehead atoms. The van der Waals surface area contributed by atoms with Crippen LogP contribution >= 0.6 is 0 Å². The lowest BCUT2D eigenvalue weighted by molar-refractivity contribution is -0.140. The molecule has 1 aromatic carbocycles. The van der Waals surface area contributed by atoms with Crippen molar-refractivity contribution < 1.29 is 19.4 Å². The lowest BCUT2D eigenvalue weighted by Gasteiger charge is -2.34. The number of carboxylic acid groups (broad SMARTS) is 1. The number of benzene rings is 1. The van der Waals surface area contributed by atoms with E-state index in [0.717, 1.165) is 12.8 Å². The summed E-state index contributed by atoms with van der Waals surface area (Å²) in [7, 11) is 0. The van der Waals surface area contributed by atoms with Crippen LogP contribution in [0.15, 0.2) is 24.3 Å². The fraction of sp³-hybridized carbons (Fsp3) is 0.500. The van der Waals surface area contributed by atoms with Crippen LogP contribution in [-0.4, -0.2) is 41.1 Å². The molecule has 1 heterocycles. The van der Waals surface area contributed by atoms with Gasteiger partial charge in [0.1, 0.15) is 11.8 Å². The van der Waals surface area contributed by atoms with Gasteiger partial charge in [-0.05, 0) is 44.2 Å². The fourth-order valence-corrected chi connectivity index (χ4v) is 2.99. The van der Waals surface area contributed by atoms with Gasteiger partial charge in [-0.2, -0.15) is 5.26 Å². The summed E-state index contributed by atoms with van der Waals surface area (Å²) in [6, 6.07) is 8.88. The summed E-state index contributed by atoms with van der Waals surface area (Å²) >= 11 is 0. The molecule has 1 saturated heterocycles. The maximum Gasteiger partial charge on any atom is 0.303 e. The molecule has 2 rings (SSSR count). The lowest BCUT2D eigenvalue weighted by atomic mass is 9.93. The molecule has 1 aromatic rings. The van der Waals surface area contributed by atoms with E-state index in [0.29, 0.717) is 30.8 Å². The number of para-hydroxylation sites is 1. The normalized spacial score (nSPS) is 18.5. The Kier molecular flexibility index (Phi) is 6.19. The number of nitrogens with zero attached hydrogens (tertiary/aromatic N) is 2. The Balaban J connectivity index is 1.94. The number of rotatable bonds is 6. The molecule has 0 spiro atoms. The van der Waals surface area contributed by atoms with E-state index in [1.54, 1.807) is 36.1 Å². The minimum absolute atomic E-state index is 0.122. The highest BCUT2D eigenvalue weighted by atomic mass is 16.5. The molecule has 1 amide bonds. The molecule has 0 saturated carbocycles. The van der Waals surface area contributed by atoms with Crippen LogP contribution in [-0.2, 0) is 9.59 Å². The SMILES string of the molecule is C[C@@H](Oc1ccccc1C#N)C(=O)N1CCC[C@H](CCC(=O)O)C1. The van der Waals surface area contributed by atoms with Gasteiger partial charge in [0.15, 0.2) is 6.10 Å². The van der Waals surface area contributed by atoms with E-state index in [2.05, 4.69) is 0 Å². The summed E-state index contributed by atoms with van der Waals surface area (Å²) in [5.74, 6) is -0.302. The molecule has 6 heteroatoms. The largest absolute Gasteiger partial charge is 0.481 e. The number of ether oxygens (including phenoxy) is 1. The van der Waals surface area contributed by atoms with E-state index in [9.17, 15) is 9.59 Å². The summed E-state index contributed by atoms with van der Waals surface area (Å²) < 4.78 is 5.68. The summed E-state index contributed by atoms with van der Waals surface area (Å²) in [4.78, 5) is 25.0. The molecule has 1 fully saturated rings. The molecule has 2 atom stereocenters. The number of carboxylic acids is 1. The van der Waals surface area contributed by atoms with Crippen molar-refractivity contribution in [1.82, 2.24) is 4.90 Å². The number of amides is 1. The van der Waals surface area contributed by atoms with Gasteiger partial charge in [-0.15, -0.1) is 0 Å². The Hall–Kier alpha value is -2.55. The smallest absolute Gasteiger partial charge is 0.303 e. The highest BCUT2D eigenvalue weighted by Crippen LogP contribution is 2.23. The fourth-order valence-electron chi connectivity index (χ4n) is 2.99. The van der Waals surface area contributed by atoms with Crippen LogP contribution in [0.2, 0.25) is 0 Å². The molecule has 1 aliphatic heterocycles. The molecule has 128 valence electrons. The predicted molar refractivity (Wildman–Crippen MR) is 87.4 cm³/mol.